The molecule has 1 aromatic rings. The number of nitrogens with zero attached hydrogens (tertiary/aromatic N) is 1. The van der Waals surface area contributed by atoms with Crippen molar-refractivity contribution in [2.45, 2.75) is 33.0 Å². The highest BCUT2D eigenvalue weighted by atomic mass is 16.5. The summed E-state index contributed by atoms with van der Waals surface area (Å²) in [5.41, 5.74) is 0.666. The van der Waals surface area contributed by atoms with Crippen molar-refractivity contribution in [3.63, 3.8) is 0 Å². The Balaban J connectivity index is 1.59. The molecular weight excluding hydrogens is 294 g/mol. The van der Waals surface area contributed by atoms with Crippen LogP contribution in [0, 0.1) is 0 Å². The lowest BCUT2D eigenvalue weighted by atomic mass is 10.1. The van der Waals surface area contributed by atoms with Crippen molar-refractivity contribution in [1.82, 2.24) is 4.90 Å². The molecular formula is C18H27NO4. The molecule has 1 aliphatic rings. The third-order valence-electron chi connectivity index (χ3n) is 3.78. The highest BCUT2D eigenvalue weighted by Gasteiger charge is 2.21. The summed E-state index contributed by atoms with van der Waals surface area (Å²) in [6, 6.07) is 7.23. The van der Waals surface area contributed by atoms with Crippen LogP contribution in [0.1, 0.15) is 31.1 Å². The highest BCUT2D eigenvalue weighted by Crippen LogP contribution is 2.13. The second-order valence-corrected chi connectivity index (χ2v) is 6.06. The van der Waals surface area contributed by atoms with Crippen molar-refractivity contribution in [1.29, 1.82) is 0 Å². The largest absolute Gasteiger partial charge is 0.491 e. The normalized spacial score (nSPS) is 22.0. The van der Waals surface area contributed by atoms with E-state index in [0.717, 1.165) is 19.6 Å². The van der Waals surface area contributed by atoms with E-state index in [4.69, 9.17) is 14.2 Å². The van der Waals surface area contributed by atoms with Gasteiger partial charge >= 0.3 is 0 Å². The van der Waals surface area contributed by atoms with Gasteiger partial charge in [-0.1, -0.05) is 12.1 Å². The van der Waals surface area contributed by atoms with Crippen molar-refractivity contribution in [3.05, 3.63) is 29.8 Å². The predicted molar refractivity (Wildman–Crippen MR) is 89.2 cm³/mol. The molecule has 0 aliphatic carbocycles. The van der Waals surface area contributed by atoms with E-state index in [1.165, 1.54) is 0 Å². The summed E-state index contributed by atoms with van der Waals surface area (Å²) in [5, 5.41) is 0. The van der Waals surface area contributed by atoms with Crippen LogP contribution in [0.2, 0.25) is 0 Å². The molecule has 128 valence electrons. The van der Waals surface area contributed by atoms with Crippen LogP contribution in [-0.2, 0) is 9.47 Å². The standard InChI is InChI=1S/C18H27NO4/c1-14-12-19(13-15(2)23-14)7-8-21-9-10-22-18-6-4-5-17(11-18)16(3)20/h4-6,11,14-15H,7-10,12-13H2,1-3H3/t14-,15-/m1/s1. The monoisotopic (exact) mass is 321 g/mol. The molecule has 1 saturated heterocycles. The first-order valence-corrected chi connectivity index (χ1v) is 8.24. The van der Waals surface area contributed by atoms with Crippen LogP contribution in [0.15, 0.2) is 24.3 Å². The van der Waals surface area contributed by atoms with Crippen LogP contribution in [0.3, 0.4) is 0 Å². The number of benzene rings is 1. The zero-order chi connectivity index (χ0) is 16.7. The third kappa shape index (κ3) is 6.29. The molecule has 0 bridgehead atoms. The number of ketones is 1. The van der Waals surface area contributed by atoms with E-state index in [-0.39, 0.29) is 18.0 Å². The van der Waals surface area contributed by atoms with Crippen molar-refractivity contribution < 1.29 is 19.0 Å². The first-order valence-electron chi connectivity index (χ1n) is 8.24. The van der Waals surface area contributed by atoms with Crippen molar-refractivity contribution in [2.24, 2.45) is 0 Å². The fraction of sp³-hybridized carbons (Fsp3) is 0.611. The van der Waals surface area contributed by atoms with Gasteiger partial charge in [-0.05, 0) is 32.9 Å². The van der Waals surface area contributed by atoms with Gasteiger partial charge in [0, 0.05) is 25.2 Å². The van der Waals surface area contributed by atoms with Gasteiger partial charge in [0.25, 0.3) is 0 Å². The van der Waals surface area contributed by atoms with Crippen molar-refractivity contribution in [2.75, 3.05) is 39.5 Å². The number of Topliss-reactive ketones (excluding diaryl/α,β-unsaturated/α-hetero) is 1. The summed E-state index contributed by atoms with van der Waals surface area (Å²) in [6.07, 6.45) is 0.575. The molecule has 1 fully saturated rings. The average Bonchev–Trinajstić information content (AvgIpc) is 2.50. The summed E-state index contributed by atoms with van der Waals surface area (Å²) < 4.78 is 17.0. The molecule has 5 nitrogen and oxygen atoms in total. The third-order valence-corrected chi connectivity index (χ3v) is 3.78. The summed E-state index contributed by atoms with van der Waals surface area (Å²) in [7, 11) is 0. The summed E-state index contributed by atoms with van der Waals surface area (Å²) in [6.45, 7) is 10.3. The van der Waals surface area contributed by atoms with Gasteiger partial charge in [-0.3, -0.25) is 9.69 Å². The molecule has 23 heavy (non-hydrogen) atoms. The number of carbonyl (C=O) groups is 1. The number of hydrogen-bond donors (Lipinski definition) is 0. The number of morpholine rings is 1. The van der Waals surface area contributed by atoms with Gasteiger partial charge in [0.2, 0.25) is 0 Å². The maximum Gasteiger partial charge on any atom is 0.159 e. The first kappa shape index (κ1) is 17.9. The van der Waals surface area contributed by atoms with E-state index in [1.54, 1.807) is 19.1 Å². The summed E-state index contributed by atoms with van der Waals surface area (Å²) in [4.78, 5) is 13.7. The Morgan fingerprint density at radius 2 is 1.96 bits per heavy atom. The molecule has 0 amide bonds. The van der Waals surface area contributed by atoms with Crippen LogP contribution < -0.4 is 4.74 Å². The zero-order valence-corrected chi connectivity index (χ0v) is 14.3. The zero-order valence-electron chi connectivity index (χ0n) is 14.3. The van der Waals surface area contributed by atoms with Gasteiger partial charge in [-0.15, -0.1) is 0 Å². The molecule has 0 unspecified atom stereocenters. The fourth-order valence-corrected chi connectivity index (χ4v) is 2.79. The lowest BCUT2D eigenvalue weighted by Gasteiger charge is -2.35. The lowest BCUT2D eigenvalue weighted by Crippen LogP contribution is -2.46. The van der Waals surface area contributed by atoms with Gasteiger partial charge in [0.05, 0.1) is 25.4 Å². The Bertz CT molecular complexity index is 496. The quantitative estimate of drug-likeness (QED) is 0.543. The van der Waals surface area contributed by atoms with Gasteiger partial charge < -0.3 is 14.2 Å². The van der Waals surface area contributed by atoms with Crippen LogP contribution in [0.4, 0.5) is 0 Å². The molecule has 0 N–H and O–H groups in total. The van der Waals surface area contributed by atoms with E-state index in [1.807, 2.05) is 12.1 Å². The van der Waals surface area contributed by atoms with E-state index in [9.17, 15) is 4.79 Å². The van der Waals surface area contributed by atoms with Crippen molar-refractivity contribution in [3.8, 4) is 5.75 Å². The molecule has 0 aromatic heterocycles. The molecule has 0 radical (unpaired) electrons. The minimum atomic E-state index is 0.0423. The molecule has 1 aliphatic heterocycles. The Morgan fingerprint density at radius 3 is 2.65 bits per heavy atom. The Kier molecular flexibility index (Phi) is 7.02. The molecule has 0 saturated carbocycles. The smallest absolute Gasteiger partial charge is 0.159 e. The van der Waals surface area contributed by atoms with Gasteiger partial charge in [0.1, 0.15) is 12.4 Å². The predicted octanol–water partition coefficient (Wildman–Crippen LogP) is 2.39. The molecule has 1 heterocycles. The minimum Gasteiger partial charge on any atom is -0.491 e. The second-order valence-electron chi connectivity index (χ2n) is 6.06. The Hall–Kier alpha value is -1.43. The number of carbonyl (C=O) groups excluding carboxylic acids is 1. The van der Waals surface area contributed by atoms with E-state index in [0.29, 0.717) is 31.1 Å². The van der Waals surface area contributed by atoms with Crippen LogP contribution >= 0.6 is 0 Å². The van der Waals surface area contributed by atoms with E-state index in [2.05, 4.69) is 18.7 Å². The van der Waals surface area contributed by atoms with Crippen molar-refractivity contribution >= 4 is 5.78 Å². The maximum atomic E-state index is 11.3. The SMILES string of the molecule is CC(=O)c1cccc(OCCOCCN2C[C@@H](C)O[C@H](C)C2)c1. The molecule has 1 aromatic carbocycles. The number of ether oxygens (including phenoxy) is 3. The lowest BCUT2D eigenvalue weighted by molar-refractivity contribution is -0.0734. The van der Waals surface area contributed by atoms with E-state index >= 15 is 0 Å². The summed E-state index contributed by atoms with van der Waals surface area (Å²) >= 11 is 0. The van der Waals surface area contributed by atoms with Crippen LogP contribution in [-0.4, -0.2) is 62.3 Å². The number of rotatable bonds is 8. The van der Waals surface area contributed by atoms with E-state index < -0.39 is 0 Å². The average molecular weight is 321 g/mol. The van der Waals surface area contributed by atoms with Crippen LogP contribution in [0.5, 0.6) is 5.75 Å². The second kappa shape index (κ2) is 9.01. The molecule has 5 heteroatoms. The fourth-order valence-electron chi connectivity index (χ4n) is 2.79. The maximum absolute atomic E-state index is 11.3. The molecule has 2 rings (SSSR count). The van der Waals surface area contributed by atoms with Gasteiger partial charge in [-0.2, -0.15) is 0 Å². The highest BCUT2D eigenvalue weighted by molar-refractivity contribution is 5.94. The van der Waals surface area contributed by atoms with Gasteiger partial charge in [0.15, 0.2) is 5.78 Å². The molecule has 2 atom stereocenters. The van der Waals surface area contributed by atoms with Crippen LogP contribution in [0.25, 0.3) is 0 Å². The topological polar surface area (TPSA) is 48.0 Å². The van der Waals surface area contributed by atoms with Gasteiger partial charge in [-0.25, -0.2) is 0 Å². The first-order chi connectivity index (χ1) is 11.0. The number of hydrogen-bond acceptors (Lipinski definition) is 5. The molecule has 0 spiro atoms. The minimum absolute atomic E-state index is 0.0423. The Labute approximate surface area is 138 Å². The Morgan fingerprint density at radius 1 is 1.22 bits per heavy atom. The summed E-state index contributed by atoms with van der Waals surface area (Å²) in [5.74, 6) is 0.748.